The molecule has 1 saturated heterocycles. The highest BCUT2D eigenvalue weighted by atomic mass is 16.5. The van der Waals surface area contributed by atoms with Crippen LogP contribution in [0.5, 0.6) is 0 Å². The molecule has 0 radical (unpaired) electrons. The van der Waals surface area contributed by atoms with Crippen molar-refractivity contribution in [3.05, 3.63) is 35.4 Å². The number of carboxylic acid groups (broad SMARTS) is 1. The van der Waals surface area contributed by atoms with Gasteiger partial charge in [0.2, 0.25) is 0 Å². The average molecular weight is 277 g/mol. The fourth-order valence-electron chi connectivity index (χ4n) is 2.69. The molecule has 20 heavy (non-hydrogen) atoms. The average Bonchev–Trinajstić information content (AvgIpc) is 2.41. The van der Waals surface area contributed by atoms with Crippen molar-refractivity contribution in [2.45, 2.75) is 38.8 Å². The smallest absolute Gasteiger partial charge is 0.303 e. The minimum absolute atomic E-state index is 0.0947. The summed E-state index contributed by atoms with van der Waals surface area (Å²) >= 11 is 0. The van der Waals surface area contributed by atoms with Crippen LogP contribution in [0.25, 0.3) is 0 Å². The molecule has 0 saturated carbocycles. The molecule has 0 aliphatic carbocycles. The van der Waals surface area contributed by atoms with E-state index in [4.69, 9.17) is 9.84 Å². The van der Waals surface area contributed by atoms with Gasteiger partial charge in [0.15, 0.2) is 0 Å². The summed E-state index contributed by atoms with van der Waals surface area (Å²) in [6.45, 7) is 6.59. The second-order valence-corrected chi connectivity index (χ2v) is 5.52. The molecule has 4 nitrogen and oxygen atoms in total. The van der Waals surface area contributed by atoms with E-state index in [0.29, 0.717) is 19.1 Å². The number of ether oxygens (including phenoxy) is 1. The highest BCUT2D eigenvalue weighted by Gasteiger charge is 2.27. The van der Waals surface area contributed by atoms with Crippen molar-refractivity contribution in [2.75, 3.05) is 19.7 Å². The predicted octanol–water partition coefficient (Wildman–Crippen LogP) is 2.62. The van der Waals surface area contributed by atoms with Crippen LogP contribution in [-0.4, -0.2) is 41.7 Å². The van der Waals surface area contributed by atoms with Gasteiger partial charge in [-0.25, -0.2) is 0 Å². The largest absolute Gasteiger partial charge is 0.481 e. The van der Waals surface area contributed by atoms with E-state index in [1.54, 1.807) is 0 Å². The number of rotatable bonds is 5. The lowest BCUT2D eigenvalue weighted by atomic mass is 10.0. The van der Waals surface area contributed by atoms with Gasteiger partial charge in [0, 0.05) is 19.0 Å². The standard InChI is InChI=1S/C16H23NO3/c1-12-6-3-4-7-14(12)15-10-17(13(2)11-20-15)9-5-8-16(18)19/h3-4,6-7,13,15H,5,8-11H2,1-2H3,(H,18,19)/t13-,15+/m1/s1. The van der Waals surface area contributed by atoms with Crippen molar-refractivity contribution >= 4 is 5.97 Å². The first kappa shape index (κ1) is 15.0. The molecule has 1 fully saturated rings. The van der Waals surface area contributed by atoms with E-state index in [-0.39, 0.29) is 12.5 Å². The molecular weight excluding hydrogens is 254 g/mol. The monoisotopic (exact) mass is 277 g/mol. The summed E-state index contributed by atoms with van der Waals surface area (Å²) in [4.78, 5) is 12.9. The zero-order valence-corrected chi connectivity index (χ0v) is 12.2. The number of morpholine rings is 1. The van der Waals surface area contributed by atoms with Gasteiger partial charge in [-0.15, -0.1) is 0 Å². The highest BCUT2D eigenvalue weighted by Crippen LogP contribution is 2.27. The van der Waals surface area contributed by atoms with E-state index < -0.39 is 5.97 Å². The van der Waals surface area contributed by atoms with Gasteiger partial charge in [-0.3, -0.25) is 9.69 Å². The van der Waals surface area contributed by atoms with E-state index in [2.05, 4.69) is 30.9 Å². The van der Waals surface area contributed by atoms with Crippen molar-refractivity contribution in [1.29, 1.82) is 0 Å². The first-order chi connectivity index (χ1) is 9.58. The zero-order valence-electron chi connectivity index (χ0n) is 12.2. The van der Waals surface area contributed by atoms with Crippen LogP contribution in [0, 0.1) is 6.92 Å². The van der Waals surface area contributed by atoms with Crippen LogP contribution in [0.3, 0.4) is 0 Å². The van der Waals surface area contributed by atoms with Gasteiger partial charge >= 0.3 is 5.97 Å². The molecular formula is C16H23NO3. The van der Waals surface area contributed by atoms with Crippen molar-refractivity contribution in [2.24, 2.45) is 0 Å². The molecule has 1 N–H and O–H groups in total. The first-order valence-electron chi connectivity index (χ1n) is 7.21. The fraction of sp³-hybridized carbons (Fsp3) is 0.562. The number of nitrogens with zero attached hydrogens (tertiary/aromatic N) is 1. The number of hydrogen-bond acceptors (Lipinski definition) is 3. The van der Waals surface area contributed by atoms with E-state index in [1.807, 2.05) is 12.1 Å². The van der Waals surface area contributed by atoms with Crippen molar-refractivity contribution in [1.82, 2.24) is 4.90 Å². The molecule has 2 rings (SSSR count). The molecule has 1 aliphatic heterocycles. The normalized spacial score (nSPS) is 23.7. The summed E-state index contributed by atoms with van der Waals surface area (Å²) in [5.41, 5.74) is 2.49. The molecule has 0 spiro atoms. The minimum Gasteiger partial charge on any atom is -0.481 e. The number of carbonyl (C=O) groups is 1. The van der Waals surface area contributed by atoms with Crippen molar-refractivity contribution in [3.63, 3.8) is 0 Å². The minimum atomic E-state index is -0.721. The Morgan fingerprint density at radius 2 is 2.20 bits per heavy atom. The Hall–Kier alpha value is -1.39. The molecule has 0 bridgehead atoms. The van der Waals surface area contributed by atoms with E-state index in [9.17, 15) is 4.79 Å². The molecule has 0 aromatic heterocycles. The Labute approximate surface area is 120 Å². The van der Waals surface area contributed by atoms with Gasteiger partial charge in [-0.05, 0) is 37.9 Å². The Morgan fingerprint density at radius 1 is 1.45 bits per heavy atom. The number of aliphatic carboxylic acids is 1. The number of hydrogen-bond donors (Lipinski definition) is 1. The van der Waals surface area contributed by atoms with Gasteiger partial charge in [0.1, 0.15) is 0 Å². The Bertz CT molecular complexity index is 461. The van der Waals surface area contributed by atoms with E-state index in [1.165, 1.54) is 11.1 Å². The maximum Gasteiger partial charge on any atom is 0.303 e. The third-order valence-electron chi connectivity index (χ3n) is 3.93. The van der Waals surface area contributed by atoms with E-state index >= 15 is 0 Å². The van der Waals surface area contributed by atoms with Crippen LogP contribution in [0.2, 0.25) is 0 Å². The second-order valence-electron chi connectivity index (χ2n) is 5.52. The molecule has 0 unspecified atom stereocenters. The summed E-state index contributed by atoms with van der Waals surface area (Å²) in [5, 5.41) is 8.73. The molecule has 1 aromatic carbocycles. The Kier molecular flexibility index (Phi) is 5.15. The Morgan fingerprint density at radius 3 is 2.90 bits per heavy atom. The van der Waals surface area contributed by atoms with E-state index in [0.717, 1.165) is 13.1 Å². The van der Waals surface area contributed by atoms with Crippen LogP contribution in [0.4, 0.5) is 0 Å². The molecule has 1 aliphatic rings. The van der Waals surface area contributed by atoms with Gasteiger partial charge in [0.05, 0.1) is 12.7 Å². The zero-order chi connectivity index (χ0) is 14.5. The summed E-state index contributed by atoms with van der Waals surface area (Å²) in [7, 11) is 0. The number of benzene rings is 1. The SMILES string of the molecule is Cc1ccccc1[C@@H]1CN(CCCC(=O)O)[C@H](C)CO1. The van der Waals surface area contributed by atoms with Crippen molar-refractivity contribution < 1.29 is 14.6 Å². The maximum absolute atomic E-state index is 10.6. The van der Waals surface area contributed by atoms with Gasteiger partial charge in [-0.2, -0.15) is 0 Å². The van der Waals surface area contributed by atoms with Crippen LogP contribution in [0.15, 0.2) is 24.3 Å². The summed E-state index contributed by atoms with van der Waals surface area (Å²) in [6.07, 6.45) is 1.02. The van der Waals surface area contributed by atoms with Gasteiger partial charge in [0.25, 0.3) is 0 Å². The molecule has 1 aromatic rings. The van der Waals surface area contributed by atoms with Crippen molar-refractivity contribution in [3.8, 4) is 0 Å². The van der Waals surface area contributed by atoms with Crippen LogP contribution >= 0.6 is 0 Å². The summed E-state index contributed by atoms with van der Waals surface area (Å²) in [6, 6.07) is 8.65. The van der Waals surface area contributed by atoms with Gasteiger partial charge in [-0.1, -0.05) is 24.3 Å². The van der Waals surface area contributed by atoms with Crippen LogP contribution in [-0.2, 0) is 9.53 Å². The fourth-order valence-corrected chi connectivity index (χ4v) is 2.69. The second kappa shape index (κ2) is 6.86. The highest BCUT2D eigenvalue weighted by molar-refractivity contribution is 5.66. The molecule has 110 valence electrons. The molecule has 2 atom stereocenters. The number of carboxylic acids is 1. The maximum atomic E-state index is 10.6. The molecule has 4 heteroatoms. The predicted molar refractivity (Wildman–Crippen MR) is 77.8 cm³/mol. The summed E-state index contributed by atoms with van der Waals surface area (Å²) in [5.74, 6) is -0.721. The Balaban J connectivity index is 1.97. The quantitative estimate of drug-likeness (QED) is 0.899. The van der Waals surface area contributed by atoms with Crippen LogP contribution in [0.1, 0.15) is 37.0 Å². The lowest BCUT2D eigenvalue weighted by Crippen LogP contribution is -2.45. The first-order valence-corrected chi connectivity index (χ1v) is 7.21. The number of aryl methyl sites for hydroxylation is 1. The topological polar surface area (TPSA) is 49.8 Å². The third kappa shape index (κ3) is 3.81. The lowest BCUT2D eigenvalue weighted by molar-refractivity contribution is -0.137. The molecule has 0 amide bonds. The molecule has 1 heterocycles. The summed E-state index contributed by atoms with van der Waals surface area (Å²) < 4.78 is 5.96. The lowest BCUT2D eigenvalue weighted by Gasteiger charge is -2.38. The van der Waals surface area contributed by atoms with Gasteiger partial charge < -0.3 is 9.84 Å². The van der Waals surface area contributed by atoms with Crippen LogP contribution < -0.4 is 0 Å². The third-order valence-corrected chi connectivity index (χ3v) is 3.93.